The molecule has 0 rings (SSSR count). The van der Waals surface area contributed by atoms with Gasteiger partial charge in [0, 0.05) is 19.1 Å². The summed E-state index contributed by atoms with van der Waals surface area (Å²) in [5.41, 5.74) is -0.278. The summed E-state index contributed by atoms with van der Waals surface area (Å²) in [6.07, 6.45) is 0. The highest BCUT2D eigenvalue weighted by molar-refractivity contribution is 5.76. The molecule has 1 N–H and O–H groups in total. The first-order valence-corrected chi connectivity index (χ1v) is 5.28. The average molecular weight is 230 g/mol. The zero-order valence-corrected chi connectivity index (χ0v) is 11.0. The van der Waals surface area contributed by atoms with E-state index in [1.807, 2.05) is 20.8 Å². The molecule has 0 saturated carbocycles. The van der Waals surface area contributed by atoms with Gasteiger partial charge in [-0.05, 0) is 20.8 Å². The van der Waals surface area contributed by atoms with Crippen molar-refractivity contribution in [2.24, 2.45) is 5.92 Å². The zero-order chi connectivity index (χ0) is 12.9. The van der Waals surface area contributed by atoms with Crippen molar-refractivity contribution in [2.45, 2.75) is 33.2 Å². The molecule has 0 fully saturated rings. The summed E-state index contributed by atoms with van der Waals surface area (Å²) in [4.78, 5) is 24.3. The molecule has 5 heteroatoms. The molecule has 2 amide bonds. The summed E-state index contributed by atoms with van der Waals surface area (Å²) >= 11 is 0. The lowest BCUT2D eigenvalue weighted by Crippen LogP contribution is -2.48. The maximum Gasteiger partial charge on any atom is 0.317 e. The third-order valence-corrected chi connectivity index (χ3v) is 1.98. The van der Waals surface area contributed by atoms with Crippen molar-refractivity contribution in [2.75, 3.05) is 20.7 Å². The molecular formula is C11H22N2O3. The number of methoxy groups -OCH3 is 1. The number of urea groups is 1. The first-order chi connectivity index (χ1) is 7.17. The number of rotatable bonds is 3. The van der Waals surface area contributed by atoms with Crippen LogP contribution in [-0.2, 0) is 9.53 Å². The third kappa shape index (κ3) is 5.58. The predicted octanol–water partition coefficient (Wildman–Crippen LogP) is 1.24. The fourth-order valence-electron chi connectivity index (χ4n) is 1.19. The minimum absolute atomic E-state index is 0.191. The van der Waals surface area contributed by atoms with Gasteiger partial charge >= 0.3 is 12.0 Å². The van der Waals surface area contributed by atoms with Crippen LogP contribution in [0.2, 0.25) is 0 Å². The monoisotopic (exact) mass is 230 g/mol. The van der Waals surface area contributed by atoms with Crippen LogP contribution in [0, 0.1) is 5.92 Å². The molecule has 0 saturated heterocycles. The van der Waals surface area contributed by atoms with Crippen molar-refractivity contribution in [3.05, 3.63) is 0 Å². The van der Waals surface area contributed by atoms with Crippen LogP contribution in [0.15, 0.2) is 0 Å². The third-order valence-electron chi connectivity index (χ3n) is 1.98. The lowest BCUT2D eigenvalue weighted by molar-refractivity contribution is -0.145. The number of hydrogen-bond acceptors (Lipinski definition) is 3. The van der Waals surface area contributed by atoms with Gasteiger partial charge in [0.1, 0.15) is 0 Å². The van der Waals surface area contributed by atoms with Crippen LogP contribution in [0.5, 0.6) is 0 Å². The Labute approximate surface area is 97.1 Å². The molecule has 5 nitrogen and oxygen atoms in total. The number of hydrogen-bond donors (Lipinski definition) is 1. The van der Waals surface area contributed by atoms with Crippen LogP contribution in [0.4, 0.5) is 4.79 Å². The van der Waals surface area contributed by atoms with Gasteiger partial charge in [-0.25, -0.2) is 4.79 Å². The summed E-state index contributed by atoms with van der Waals surface area (Å²) in [5, 5.41) is 2.82. The number of esters is 1. The van der Waals surface area contributed by atoms with E-state index in [0.717, 1.165) is 0 Å². The Morgan fingerprint density at radius 3 is 2.25 bits per heavy atom. The van der Waals surface area contributed by atoms with E-state index < -0.39 is 0 Å². The van der Waals surface area contributed by atoms with Crippen molar-refractivity contribution in [1.29, 1.82) is 0 Å². The summed E-state index contributed by atoms with van der Waals surface area (Å²) in [6.45, 7) is 7.79. The first-order valence-electron chi connectivity index (χ1n) is 5.28. The van der Waals surface area contributed by atoms with Gasteiger partial charge in [0.05, 0.1) is 13.0 Å². The van der Waals surface area contributed by atoms with Gasteiger partial charge in [-0.15, -0.1) is 0 Å². The number of carbonyl (C=O) groups excluding carboxylic acids is 2. The maximum absolute atomic E-state index is 11.7. The van der Waals surface area contributed by atoms with E-state index in [1.165, 1.54) is 12.0 Å². The second-order valence-electron chi connectivity index (χ2n) is 4.98. The lowest BCUT2D eigenvalue weighted by Gasteiger charge is -2.26. The number of ether oxygens (including phenoxy) is 1. The van der Waals surface area contributed by atoms with Crippen molar-refractivity contribution in [3.63, 3.8) is 0 Å². The zero-order valence-electron chi connectivity index (χ0n) is 11.0. The smallest absolute Gasteiger partial charge is 0.317 e. The van der Waals surface area contributed by atoms with Crippen LogP contribution >= 0.6 is 0 Å². The maximum atomic E-state index is 11.7. The molecule has 0 aromatic heterocycles. The molecule has 0 aromatic carbocycles. The fourth-order valence-corrected chi connectivity index (χ4v) is 1.19. The Hall–Kier alpha value is -1.26. The Morgan fingerprint density at radius 2 is 1.88 bits per heavy atom. The van der Waals surface area contributed by atoms with Crippen LogP contribution < -0.4 is 5.32 Å². The van der Waals surface area contributed by atoms with Gasteiger partial charge in [-0.1, -0.05) is 6.92 Å². The number of carbonyl (C=O) groups is 2. The molecule has 0 aliphatic carbocycles. The first kappa shape index (κ1) is 14.7. The second-order valence-corrected chi connectivity index (χ2v) is 4.98. The van der Waals surface area contributed by atoms with E-state index in [2.05, 4.69) is 10.1 Å². The Kier molecular flexibility index (Phi) is 5.27. The van der Waals surface area contributed by atoms with E-state index in [9.17, 15) is 9.59 Å². The predicted molar refractivity (Wildman–Crippen MR) is 62.1 cm³/mol. The normalized spacial score (nSPS) is 12.9. The van der Waals surface area contributed by atoms with E-state index >= 15 is 0 Å². The molecule has 16 heavy (non-hydrogen) atoms. The Balaban J connectivity index is 4.21. The highest BCUT2D eigenvalue weighted by Gasteiger charge is 2.21. The van der Waals surface area contributed by atoms with Crippen LogP contribution in [0.3, 0.4) is 0 Å². The van der Waals surface area contributed by atoms with Crippen molar-refractivity contribution in [1.82, 2.24) is 10.2 Å². The molecule has 0 spiro atoms. The minimum atomic E-state index is -0.319. The Bertz CT molecular complexity index is 258. The molecule has 1 atom stereocenters. The van der Waals surface area contributed by atoms with E-state index in [4.69, 9.17) is 0 Å². The quantitative estimate of drug-likeness (QED) is 0.742. The highest BCUT2D eigenvalue weighted by atomic mass is 16.5. The summed E-state index contributed by atoms with van der Waals surface area (Å²) in [5.74, 6) is -0.629. The molecule has 0 heterocycles. The van der Waals surface area contributed by atoms with E-state index in [1.54, 1.807) is 14.0 Å². The summed E-state index contributed by atoms with van der Waals surface area (Å²) < 4.78 is 4.60. The number of amides is 2. The van der Waals surface area contributed by atoms with Crippen molar-refractivity contribution >= 4 is 12.0 Å². The second kappa shape index (κ2) is 5.72. The molecule has 0 aliphatic rings. The van der Waals surface area contributed by atoms with Crippen LogP contribution in [0.25, 0.3) is 0 Å². The average Bonchev–Trinajstić information content (AvgIpc) is 2.13. The summed E-state index contributed by atoms with van der Waals surface area (Å²) in [7, 11) is 2.99. The fraction of sp³-hybridized carbons (Fsp3) is 0.818. The Morgan fingerprint density at radius 1 is 1.38 bits per heavy atom. The molecular weight excluding hydrogens is 208 g/mol. The molecule has 0 aliphatic heterocycles. The molecule has 1 unspecified atom stereocenters. The van der Waals surface area contributed by atoms with E-state index in [0.29, 0.717) is 6.54 Å². The number of nitrogens with zero attached hydrogens (tertiary/aromatic N) is 1. The van der Waals surface area contributed by atoms with Gasteiger partial charge in [0.15, 0.2) is 0 Å². The highest BCUT2D eigenvalue weighted by Crippen LogP contribution is 2.04. The standard InChI is InChI=1S/C11H22N2O3/c1-8(9(14)16-6)7-13(5)10(15)12-11(2,3)4/h8H,7H2,1-6H3,(H,12,15). The van der Waals surface area contributed by atoms with Crippen molar-refractivity contribution in [3.8, 4) is 0 Å². The molecule has 0 bridgehead atoms. The lowest BCUT2D eigenvalue weighted by atomic mass is 10.1. The SMILES string of the molecule is COC(=O)C(C)CN(C)C(=O)NC(C)(C)C. The minimum Gasteiger partial charge on any atom is -0.469 e. The number of nitrogens with one attached hydrogen (secondary N) is 1. The van der Waals surface area contributed by atoms with Crippen LogP contribution in [-0.4, -0.2) is 43.1 Å². The largest absolute Gasteiger partial charge is 0.469 e. The van der Waals surface area contributed by atoms with Gasteiger partial charge in [-0.2, -0.15) is 0 Å². The van der Waals surface area contributed by atoms with Crippen molar-refractivity contribution < 1.29 is 14.3 Å². The molecule has 0 radical (unpaired) electrons. The molecule has 94 valence electrons. The van der Waals surface area contributed by atoms with Crippen LogP contribution in [0.1, 0.15) is 27.7 Å². The van der Waals surface area contributed by atoms with Gasteiger partial charge < -0.3 is 15.0 Å². The topological polar surface area (TPSA) is 58.6 Å². The molecule has 0 aromatic rings. The van der Waals surface area contributed by atoms with E-state index in [-0.39, 0.29) is 23.5 Å². The summed E-state index contributed by atoms with van der Waals surface area (Å²) in [6, 6.07) is -0.191. The van der Waals surface area contributed by atoms with Gasteiger partial charge in [0.25, 0.3) is 0 Å². The van der Waals surface area contributed by atoms with Gasteiger partial charge in [-0.3, -0.25) is 4.79 Å². The van der Waals surface area contributed by atoms with Gasteiger partial charge in [0.2, 0.25) is 0 Å².